The molecule has 1 aromatic rings. The fourth-order valence-corrected chi connectivity index (χ4v) is 3.12. The first-order valence-corrected chi connectivity index (χ1v) is 7.34. The van der Waals surface area contributed by atoms with Gasteiger partial charge < -0.3 is 5.11 Å². The van der Waals surface area contributed by atoms with E-state index < -0.39 is 11.5 Å². The maximum atomic E-state index is 11.5. The van der Waals surface area contributed by atoms with E-state index in [1.165, 1.54) is 11.8 Å². The zero-order valence-corrected chi connectivity index (χ0v) is 12.3. The average molecular weight is 284 g/mol. The molecule has 1 aliphatic carbocycles. The van der Waals surface area contributed by atoms with Crippen LogP contribution < -0.4 is 5.32 Å². The molecule has 0 aromatic carbocycles. The van der Waals surface area contributed by atoms with Gasteiger partial charge in [-0.2, -0.15) is 0 Å². The van der Waals surface area contributed by atoms with Gasteiger partial charge in [-0.15, -0.1) is 5.10 Å². The Morgan fingerprint density at radius 1 is 1.68 bits per heavy atom. The molecule has 1 aliphatic rings. The SMILES string of the molecule is Cc1nc(SC(C)CC(C)(NC2CC2)C(=O)O)n[nH]1. The minimum Gasteiger partial charge on any atom is -0.480 e. The van der Waals surface area contributed by atoms with Crippen LogP contribution in [0.15, 0.2) is 5.16 Å². The van der Waals surface area contributed by atoms with E-state index in [2.05, 4.69) is 20.5 Å². The molecule has 1 saturated carbocycles. The van der Waals surface area contributed by atoms with Crippen LogP contribution in [-0.2, 0) is 4.79 Å². The Hall–Kier alpha value is -1.08. The van der Waals surface area contributed by atoms with Crippen LogP contribution in [0, 0.1) is 6.92 Å². The van der Waals surface area contributed by atoms with Crippen LogP contribution in [0.25, 0.3) is 0 Å². The van der Waals surface area contributed by atoms with Gasteiger partial charge >= 0.3 is 5.97 Å². The predicted octanol–water partition coefficient (Wildman–Crippen LogP) is 1.58. The third-order valence-corrected chi connectivity index (χ3v) is 4.11. The summed E-state index contributed by atoms with van der Waals surface area (Å²) in [6.45, 7) is 5.61. The van der Waals surface area contributed by atoms with Crippen molar-refractivity contribution < 1.29 is 9.90 Å². The third-order valence-electron chi connectivity index (χ3n) is 3.15. The summed E-state index contributed by atoms with van der Waals surface area (Å²) < 4.78 is 0. The second kappa shape index (κ2) is 5.50. The van der Waals surface area contributed by atoms with Gasteiger partial charge in [-0.3, -0.25) is 15.2 Å². The third kappa shape index (κ3) is 3.94. The van der Waals surface area contributed by atoms with E-state index in [9.17, 15) is 9.90 Å². The Morgan fingerprint density at radius 2 is 2.37 bits per heavy atom. The van der Waals surface area contributed by atoms with E-state index in [-0.39, 0.29) is 5.25 Å². The largest absolute Gasteiger partial charge is 0.480 e. The van der Waals surface area contributed by atoms with E-state index in [1.807, 2.05) is 13.8 Å². The van der Waals surface area contributed by atoms with E-state index in [0.717, 1.165) is 18.7 Å². The van der Waals surface area contributed by atoms with Gasteiger partial charge in [0, 0.05) is 11.3 Å². The van der Waals surface area contributed by atoms with Crippen LogP contribution in [-0.4, -0.2) is 43.1 Å². The van der Waals surface area contributed by atoms with Gasteiger partial charge in [0.05, 0.1) is 0 Å². The van der Waals surface area contributed by atoms with E-state index in [4.69, 9.17) is 0 Å². The summed E-state index contributed by atoms with van der Waals surface area (Å²) >= 11 is 1.50. The molecule has 3 N–H and O–H groups in total. The Bertz CT molecular complexity index is 460. The van der Waals surface area contributed by atoms with Gasteiger partial charge in [0.1, 0.15) is 11.4 Å². The number of carboxylic acids is 1. The molecule has 0 saturated heterocycles. The molecule has 106 valence electrons. The van der Waals surface area contributed by atoms with Crippen LogP contribution in [0.5, 0.6) is 0 Å². The van der Waals surface area contributed by atoms with Gasteiger partial charge in [0.2, 0.25) is 5.16 Å². The molecule has 2 unspecified atom stereocenters. The molecule has 19 heavy (non-hydrogen) atoms. The fraction of sp³-hybridized carbons (Fsp3) is 0.750. The van der Waals surface area contributed by atoms with Crippen molar-refractivity contribution in [3.63, 3.8) is 0 Å². The number of aliphatic carboxylic acids is 1. The molecule has 7 heteroatoms. The lowest BCUT2D eigenvalue weighted by Gasteiger charge is -2.28. The summed E-state index contributed by atoms with van der Waals surface area (Å²) in [5.41, 5.74) is -0.876. The first-order chi connectivity index (χ1) is 8.89. The fourth-order valence-electron chi connectivity index (χ4n) is 2.06. The number of thioether (sulfide) groups is 1. The maximum absolute atomic E-state index is 11.5. The number of rotatable bonds is 7. The van der Waals surface area contributed by atoms with Crippen LogP contribution >= 0.6 is 11.8 Å². The predicted molar refractivity (Wildman–Crippen MR) is 73.3 cm³/mol. The van der Waals surface area contributed by atoms with Crippen LogP contribution in [0.4, 0.5) is 0 Å². The molecule has 0 amide bonds. The van der Waals surface area contributed by atoms with Gasteiger partial charge in [0.25, 0.3) is 0 Å². The first kappa shape index (κ1) is 14.3. The standard InChI is InChI=1S/C12H20N4O2S/c1-7(19-11-13-8(2)15-16-11)6-12(3,10(17)18)14-9-4-5-9/h7,9,14H,4-6H2,1-3H3,(H,17,18)(H,13,15,16). The molecule has 1 aromatic heterocycles. The molecule has 0 spiro atoms. The summed E-state index contributed by atoms with van der Waals surface area (Å²) in [6.07, 6.45) is 2.69. The lowest BCUT2D eigenvalue weighted by Crippen LogP contribution is -2.51. The summed E-state index contributed by atoms with van der Waals surface area (Å²) in [7, 11) is 0. The number of aromatic nitrogens is 3. The maximum Gasteiger partial charge on any atom is 0.323 e. The lowest BCUT2D eigenvalue weighted by atomic mass is 9.96. The molecule has 0 radical (unpaired) electrons. The van der Waals surface area contributed by atoms with Crippen LogP contribution in [0.1, 0.15) is 38.9 Å². The minimum absolute atomic E-state index is 0.127. The molecule has 0 bridgehead atoms. The highest BCUT2D eigenvalue weighted by atomic mass is 32.2. The minimum atomic E-state index is -0.876. The number of hydrogen-bond donors (Lipinski definition) is 3. The van der Waals surface area contributed by atoms with Crippen molar-refractivity contribution >= 4 is 17.7 Å². The van der Waals surface area contributed by atoms with Gasteiger partial charge in [-0.05, 0) is 33.1 Å². The number of nitrogens with zero attached hydrogens (tertiary/aromatic N) is 2. The number of carboxylic acid groups (broad SMARTS) is 1. The van der Waals surface area contributed by atoms with Crippen molar-refractivity contribution in [1.29, 1.82) is 0 Å². The summed E-state index contributed by atoms with van der Waals surface area (Å²) in [5.74, 6) is -0.0233. The number of nitrogens with one attached hydrogen (secondary N) is 2. The zero-order chi connectivity index (χ0) is 14.0. The van der Waals surface area contributed by atoms with E-state index in [1.54, 1.807) is 6.92 Å². The topological polar surface area (TPSA) is 90.9 Å². The van der Waals surface area contributed by atoms with Crippen molar-refractivity contribution in [1.82, 2.24) is 20.5 Å². The molecule has 1 fully saturated rings. The Morgan fingerprint density at radius 3 is 2.84 bits per heavy atom. The highest BCUT2D eigenvalue weighted by molar-refractivity contribution is 7.99. The van der Waals surface area contributed by atoms with Gasteiger partial charge in [-0.25, -0.2) is 4.98 Å². The molecule has 6 nitrogen and oxygen atoms in total. The van der Waals surface area contributed by atoms with Gasteiger partial charge in [-0.1, -0.05) is 18.7 Å². The zero-order valence-electron chi connectivity index (χ0n) is 11.4. The smallest absolute Gasteiger partial charge is 0.323 e. The van der Waals surface area contributed by atoms with Crippen molar-refractivity contribution in [3.05, 3.63) is 5.82 Å². The summed E-state index contributed by atoms with van der Waals surface area (Å²) in [6, 6.07) is 0.365. The first-order valence-electron chi connectivity index (χ1n) is 6.46. The molecule has 2 atom stereocenters. The number of hydrogen-bond acceptors (Lipinski definition) is 5. The van der Waals surface area contributed by atoms with Crippen molar-refractivity contribution in [3.8, 4) is 0 Å². The van der Waals surface area contributed by atoms with E-state index in [0.29, 0.717) is 17.6 Å². The monoisotopic (exact) mass is 284 g/mol. The van der Waals surface area contributed by atoms with Gasteiger partial charge in [0.15, 0.2) is 0 Å². The Balaban J connectivity index is 1.94. The quantitative estimate of drug-likeness (QED) is 0.659. The Kier molecular flexibility index (Phi) is 4.15. The van der Waals surface area contributed by atoms with Crippen molar-refractivity contribution in [2.75, 3.05) is 0 Å². The van der Waals surface area contributed by atoms with Crippen LogP contribution in [0.3, 0.4) is 0 Å². The average Bonchev–Trinajstić information content (AvgIpc) is 3.00. The van der Waals surface area contributed by atoms with Crippen molar-refractivity contribution in [2.45, 2.75) is 62.0 Å². The van der Waals surface area contributed by atoms with E-state index >= 15 is 0 Å². The highest BCUT2D eigenvalue weighted by Crippen LogP contribution is 2.30. The number of aromatic amines is 1. The number of carbonyl (C=O) groups is 1. The molecular weight excluding hydrogens is 264 g/mol. The molecular formula is C12H20N4O2S. The van der Waals surface area contributed by atoms with Crippen molar-refractivity contribution in [2.24, 2.45) is 0 Å². The Labute approximate surface area is 116 Å². The lowest BCUT2D eigenvalue weighted by molar-refractivity contribution is -0.144. The molecule has 0 aliphatic heterocycles. The number of H-pyrrole nitrogens is 1. The highest BCUT2D eigenvalue weighted by Gasteiger charge is 2.39. The second-order valence-corrected chi connectivity index (χ2v) is 6.80. The molecule has 2 rings (SSSR count). The summed E-state index contributed by atoms with van der Waals surface area (Å²) in [5, 5.41) is 20.3. The normalized spacial score (nSPS) is 19.9. The summed E-state index contributed by atoms with van der Waals surface area (Å²) in [4.78, 5) is 15.7. The van der Waals surface area contributed by atoms with Crippen LogP contribution in [0.2, 0.25) is 0 Å². The second-order valence-electron chi connectivity index (χ2n) is 5.39. The molecule has 1 heterocycles. The number of aryl methyl sites for hydroxylation is 1.